The predicted octanol–water partition coefficient (Wildman–Crippen LogP) is 4.70. The van der Waals surface area contributed by atoms with E-state index in [1.165, 1.54) is 6.07 Å². The summed E-state index contributed by atoms with van der Waals surface area (Å²) in [6, 6.07) is 7.26. The number of rotatable bonds is 3. The molecular weight excluding hydrogens is 322 g/mol. The number of hydrogen-bond acceptors (Lipinski definition) is 4. The lowest BCUT2D eigenvalue weighted by atomic mass is 10.2. The second-order valence-electron chi connectivity index (χ2n) is 3.89. The van der Waals surface area contributed by atoms with Crippen LogP contribution in [0.25, 0.3) is 0 Å². The van der Waals surface area contributed by atoms with Crippen molar-refractivity contribution in [3.05, 3.63) is 61.9 Å². The molecule has 5 nitrogen and oxygen atoms in total. The van der Waals surface area contributed by atoms with Crippen LogP contribution in [0.4, 0.5) is 10.1 Å². The van der Waals surface area contributed by atoms with Gasteiger partial charge >= 0.3 is 0 Å². The Morgan fingerprint density at radius 3 is 2.33 bits per heavy atom. The highest BCUT2D eigenvalue weighted by atomic mass is 35.5. The molecule has 0 unspecified atom stereocenters. The maximum Gasteiger partial charge on any atom is 0.272 e. The van der Waals surface area contributed by atoms with E-state index in [0.29, 0.717) is 0 Å². The molecule has 0 heterocycles. The Labute approximate surface area is 128 Å². The molecule has 0 N–H and O–H groups in total. The zero-order chi connectivity index (χ0) is 15.6. The molecule has 0 amide bonds. The van der Waals surface area contributed by atoms with E-state index in [1.807, 2.05) is 0 Å². The van der Waals surface area contributed by atoms with E-state index in [4.69, 9.17) is 33.2 Å². The number of halogens is 3. The molecule has 106 valence electrons. The molecule has 0 fully saturated rings. The highest BCUT2D eigenvalue weighted by Crippen LogP contribution is 2.39. The van der Waals surface area contributed by atoms with Gasteiger partial charge in [0.05, 0.1) is 26.6 Å². The summed E-state index contributed by atoms with van der Waals surface area (Å²) in [6.07, 6.45) is 0. The molecule has 0 aliphatic rings. The smallest absolute Gasteiger partial charge is 0.272 e. The van der Waals surface area contributed by atoms with Crippen molar-refractivity contribution in [1.82, 2.24) is 0 Å². The van der Waals surface area contributed by atoms with Crippen LogP contribution in [0.5, 0.6) is 11.5 Å². The van der Waals surface area contributed by atoms with Gasteiger partial charge in [0.25, 0.3) is 5.69 Å². The number of nitro benzene ring substituents is 1. The lowest BCUT2D eigenvalue weighted by Gasteiger charge is -2.09. The Kier molecular flexibility index (Phi) is 4.26. The predicted molar refractivity (Wildman–Crippen MR) is 74.3 cm³/mol. The van der Waals surface area contributed by atoms with E-state index in [0.717, 1.165) is 24.3 Å². The van der Waals surface area contributed by atoms with Crippen LogP contribution >= 0.6 is 23.2 Å². The van der Waals surface area contributed by atoms with E-state index in [-0.39, 0.29) is 32.8 Å². The van der Waals surface area contributed by atoms with Gasteiger partial charge in [0.15, 0.2) is 5.75 Å². The van der Waals surface area contributed by atoms with Crippen molar-refractivity contribution >= 4 is 28.9 Å². The van der Waals surface area contributed by atoms with Crippen molar-refractivity contribution in [2.24, 2.45) is 0 Å². The second-order valence-corrected chi connectivity index (χ2v) is 4.70. The fraction of sp³-hybridized carbons (Fsp3) is 0. The summed E-state index contributed by atoms with van der Waals surface area (Å²) in [5.74, 6) is -0.721. The van der Waals surface area contributed by atoms with Crippen LogP contribution in [0, 0.1) is 27.3 Å². The highest BCUT2D eigenvalue weighted by Gasteiger charge is 2.17. The topological polar surface area (TPSA) is 76.2 Å². The van der Waals surface area contributed by atoms with Gasteiger partial charge in [-0.3, -0.25) is 10.1 Å². The minimum Gasteiger partial charge on any atom is -0.454 e. The average molecular weight is 327 g/mol. The molecular formula is C13H5Cl2FN2O3. The first-order chi connectivity index (χ1) is 9.90. The monoisotopic (exact) mass is 326 g/mol. The molecule has 8 heteroatoms. The van der Waals surface area contributed by atoms with Crippen LogP contribution < -0.4 is 4.74 Å². The molecule has 0 atom stereocenters. The number of non-ortho nitro benzene ring substituents is 1. The van der Waals surface area contributed by atoms with Gasteiger partial charge in [0.1, 0.15) is 11.6 Å². The maximum absolute atomic E-state index is 13.3. The molecule has 0 saturated heterocycles. The van der Waals surface area contributed by atoms with Gasteiger partial charge < -0.3 is 4.74 Å². The third kappa shape index (κ3) is 3.40. The molecule has 21 heavy (non-hydrogen) atoms. The second kappa shape index (κ2) is 5.95. The van der Waals surface area contributed by atoms with E-state index in [2.05, 4.69) is 0 Å². The molecule has 2 rings (SSSR count). The number of nitriles is 1. The minimum absolute atomic E-state index is 0.00389. The molecule has 0 aliphatic carbocycles. The van der Waals surface area contributed by atoms with Gasteiger partial charge in [-0.1, -0.05) is 23.2 Å². The van der Waals surface area contributed by atoms with Gasteiger partial charge in [-0.05, 0) is 12.1 Å². The number of nitro groups is 1. The van der Waals surface area contributed by atoms with Crippen LogP contribution in [0.1, 0.15) is 5.56 Å². The quantitative estimate of drug-likeness (QED) is 0.604. The van der Waals surface area contributed by atoms with Crippen molar-refractivity contribution in [3.8, 4) is 17.6 Å². The zero-order valence-corrected chi connectivity index (χ0v) is 11.7. The van der Waals surface area contributed by atoms with E-state index < -0.39 is 10.7 Å². The van der Waals surface area contributed by atoms with Crippen LogP contribution in [0.3, 0.4) is 0 Å². The van der Waals surface area contributed by atoms with Gasteiger partial charge in [0, 0.05) is 18.2 Å². The Balaban J connectivity index is 2.43. The molecule has 0 spiro atoms. The molecule has 2 aromatic carbocycles. The summed E-state index contributed by atoms with van der Waals surface area (Å²) in [5.41, 5.74) is -0.242. The first kappa shape index (κ1) is 15.0. The summed E-state index contributed by atoms with van der Waals surface area (Å²) < 4.78 is 18.6. The van der Waals surface area contributed by atoms with Crippen molar-refractivity contribution in [2.75, 3.05) is 0 Å². The van der Waals surface area contributed by atoms with Crippen LogP contribution in [0.2, 0.25) is 10.0 Å². The number of nitrogens with zero attached hydrogens (tertiary/aromatic N) is 2. The summed E-state index contributed by atoms with van der Waals surface area (Å²) in [6.45, 7) is 0. The van der Waals surface area contributed by atoms with E-state index in [1.54, 1.807) is 6.07 Å². The summed E-state index contributed by atoms with van der Waals surface area (Å²) in [5, 5.41) is 19.2. The first-order valence-electron chi connectivity index (χ1n) is 5.42. The van der Waals surface area contributed by atoms with Crippen LogP contribution in [-0.2, 0) is 0 Å². The third-order valence-electron chi connectivity index (χ3n) is 2.41. The molecule has 0 bridgehead atoms. The summed E-state index contributed by atoms with van der Waals surface area (Å²) in [4.78, 5) is 10.0. The number of hydrogen-bond donors (Lipinski definition) is 0. The average Bonchev–Trinajstić information content (AvgIpc) is 2.41. The van der Waals surface area contributed by atoms with Gasteiger partial charge in [-0.25, -0.2) is 4.39 Å². The Hall–Kier alpha value is -2.36. The zero-order valence-electron chi connectivity index (χ0n) is 10.1. The SMILES string of the molecule is N#Cc1cc(F)cc(Oc2c(Cl)cc([N+](=O)[O-])cc2Cl)c1. The van der Waals surface area contributed by atoms with Gasteiger partial charge in [-0.15, -0.1) is 0 Å². The number of benzene rings is 2. The van der Waals surface area contributed by atoms with Crippen molar-refractivity contribution in [3.63, 3.8) is 0 Å². The Morgan fingerprint density at radius 1 is 1.19 bits per heavy atom. The lowest BCUT2D eigenvalue weighted by Crippen LogP contribution is -1.92. The largest absolute Gasteiger partial charge is 0.454 e. The molecule has 2 aromatic rings. The summed E-state index contributed by atoms with van der Waals surface area (Å²) >= 11 is 11.7. The van der Waals surface area contributed by atoms with Crippen molar-refractivity contribution in [1.29, 1.82) is 5.26 Å². The molecule has 0 radical (unpaired) electrons. The van der Waals surface area contributed by atoms with E-state index >= 15 is 0 Å². The fourth-order valence-corrected chi connectivity index (χ4v) is 2.11. The highest BCUT2D eigenvalue weighted by molar-refractivity contribution is 6.37. The molecule has 0 saturated carbocycles. The van der Waals surface area contributed by atoms with Crippen molar-refractivity contribution in [2.45, 2.75) is 0 Å². The van der Waals surface area contributed by atoms with Gasteiger partial charge in [-0.2, -0.15) is 5.26 Å². The Morgan fingerprint density at radius 2 is 1.81 bits per heavy atom. The van der Waals surface area contributed by atoms with Gasteiger partial charge in [0.2, 0.25) is 0 Å². The first-order valence-corrected chi connectivity index (χ1v) is 6.18. The van der Waals surface area contributed by atoms with E-state index in [9.17, 15) is 14.5 Å². The number of ether oxygens (including phenoxy) is 1. The minimum atomic E-state index is -0.668. The summed E-state index contributed by atoms with van der Waals surface area (Å²) in [7, 11) is 0. The molecule has 0 aromatic heterocycles. The maximum atomic E-state index is 13.3. The Bertz CT molecular complexity index is 751. The normalized spacial score (nSPS) is 10.0. The van der Waals surface area contributed by atoms with Crippen LogP contribution in [-0.4, -0.2) is 4.92 Å². The van der Waals surface area contributed by atoms with Crippen molar-refractivity contribution < 1.29 is 14.1 Å². The standard InChI is InChI=1S/C13H5Cl2FN2O3/c14-11-4-9(18(19)20)5-12(15)13(11)21-10-2-7(6-17)1-8(16)3-10/h1-5H. The molecule has 0 aliphatic heterocycles. The third-order valence-corrected chi connectivity index (χ3v) is 2.98. The lowest BCUT2D eigenvalue weighted by molar-refractivity contribution is -0.384. The van der Waals surface area contributed by atoms with Crippen LogP contribution in [0.15, 0.2) is 30.3 Å². The fourth-order valence-electron chi connectivity index (χ4n) is 1.55.